The van der Waals surface area contributed by atoms with Crippen LogP contribution >= 0.6 is 0 Å². The summed E-state index contributed by atoms with van der Waals surface area (Å²) < 4.78 is 31.0. The number of nitrogens with zero attached hydrogens (tertiary/aromatic N) is 3. The standard InChI is InChI=1S/C16H16N4O3S/c1-24(21,22)12-7-8-13(14(10-12)23-11-5-6-11)17-16-18-15-4-2-3-9-20(15)19-16/h2-4,7-11H,5-6H2,1H3,(H,17,19). The minimum Gasteiger partial charge on any atom is -0.488 e. The van der Waals surface area contributed by atoms with Gasteiger partial charge in [0.15, 0.2) is 15.5 Å². The van der Waals surface area contributed by atoms with Crippen LogP contribution in [0.25, 0.3) is 5.65 Å². The summed E-state index contributed by atoms with van der Waals surface area (Å²) in [6.45, 7) is 0. The highest BCUT2D eigenvalue weighted by molar-refractivity contribution is 7.90. The maximum absolute atomic E-state index is 11.8. The van der Waals surface area contributed by atoms with E-state index in [9.17, 15) is 8.42 Å². The molecule has 0 radical (unpaired) electrons. The Morgan fingerprint density at radius 1 is 1.25 bits per heavy atom. The SMILES string of the molecule is CS(=O)(=O)c1ccc(Nc2nc3ccccn3n2)c(OC2CC2)c1. The van der Waals surface area contributed by atoms with Gasteiger partial charge in [0.25, 0.3) is 0 Å². The minimum absolute atomic E-state index is 0.148. The summed E-state index contributed by atoms with van der Waals surface area (Å²) in [5.41, 5.74) is 1.36. The maximum Gasteiger partial charge on any atom is 0.247 e. The monoisotopic (exact) mass is 344 g/mol. The molecule has 1 aliphatic rings. The summed E-state index contributed by atoms with van der Waals surface area (Å²) in [5, 5.41) is 7.45. The van der Waals surface area contributed by atoms with Gasteiger partial charge in [0.05, 0.1) is 16.7 Å². The molecular weight excluding hydrogens is 328 g/mol. The van der Waals surface area contributed by atoms with Crippen molar-refractivity contribution in [2.45, 2.75) is 23.8 Å². The molecule has 0 saturated heterocycles. The number of rotatable bonds is 5. The molecule has 8 heteroatoms. The quantitative estimate of drug-likeness (QED) is 0.765. The molecule has 1 fully saturated rings. The van der Waals surface area contributed by atoms with Crippen LogP contribution < -0.4 is 10.1 Å². The highest BCUT2D eigenvalue weighted by Crippen LogP contribution is 2.35. The van der Waals surface area contributed by atoms with Crippen LogP contribution in [0.4, 0.5) is 11.6 Å². The molecule has 3 aromatic rings. The molecule has 24 heavy (non-hydrogen) atoms. The number of benzene rings is 1. The molecule has 1 saturated carbocycles. The third-order valence-electron chi connectivity index (χ3n) is 3.69. The third kappa shape index (κ3) is 3.05. The summed E-state index contributed by atoms with van der Waals surface area (Å²) in [7, 11) is -3.29. The average molecular weight is 344 g/mol. The number of anilines is 2. The lowest BCUT2D eigenvalue weighted by Gasteiger charge is -2.12. The molecule has 7 nitrogen and oxygen atoms in total. The molecule has 0 amide bonds. The topological polar surface area (TPSA) is 85.6 Å². The summed E-state index contributed by atoms with van der Waals surface area (Å²) >= 11 is 0. The second-order valence-electron chi connectivity index (χ2n) is 5.81. The average Bonchev–Trinajstić information content (AvgIpc) is 3.24. The number of fused-ring (bicyclic) bond motifs is 1. The van der Waals surface area contributed by atoms with Crippen molar-refractivity contribution < 1.29 is 13.2 Å². The number of sulfone groups is 1. The lowest BCUT2D eigenvalue weighted by molar-refractivity contribution is 0.304. The second-order valence-corrected chi connectivity index (χ2v) is 7.83. The van der Waals surface area contributed by atoms with Gasteiger partial charge >= 0.3 is 0 Å². The van der Waals surface area contributed by atoms with Crippen LogP contribution in [0.2, 0.25) is 0 Å². The molecule has 2 aromatic heterocycles. The molecular formula is C16H16N4O3S. The van der Waals surface area contributed by atoms with Gasteiger partial charge < -0.3 is 10.1 Å². The van der Waals surface area contributed by atoms with Crippen molar-refractivity contribution in [1.29, 1.82) is 0 Å². The van der Waals surface area contributed by atoms with Crippen molar-refractivity contribution in [3.8, 4) is 5.75 Å². The number of hydrogen-bond acceptors (Lipinski definition) is 6. The predicted molar refractivity (Wildman–Crippen MR) is 89.5 cm³/mol. The molecule has 1 N–H and O–H groups in total. The van der Waals surface area contributed by atoms with Crippen molar-refractivity contribution >= 4 is 27.1 Å². The van der Waals surface area contributed by atoms with Gasteiger partial charge in [-0.25, -0.2) is 12.9 Å². The van der Waals surface area contributed by atoms with E-state index < -0.39 is 9.84 Å². The van der Waals surface area contributed by atoms with Crippen LogP contribution in [0.15, 0.2) is 47.5 Å². The smallest absolute Gasteiger partial charge is 0.247 e. The Hall–Kier alpha value is -2.61. The van der Waals surface area contributed by atoms with Crippen LogP contribution in [-0.2, 0) is 9.84 Å². The summed E-state index contributed by atoms with van der Waals surface area (Å²) in [6, 6.07) is 10.4. The second kappa shape index (κ2) is 5.48. The van der Waals surface area contributed by atoms with Crippen molar-refractivity contribution in [3.63, 3.8) is 0 Å². The van der Waals surface area contributed by atoms with Crippen molar-refractivity contribution in [3.05, 3.63) is 42.6 Å². The zero-order valence-electron chi connectivity index (χ0n) is 13.0. The Kier molecular flexibility index (Phi) is 3.42. The molecule has 1 aliphatic carbocycles. The van der Waals surface area contributed by atoms with Gasteiger partial charge in [-0.1, -0.05) is 6.07 Å². The van der Waals surface area contributed by atoms with E-state index in [-0.39, 0.29) is 11.0 Å². The van der Waals surface area contributed by atoms with E-state index in [0.29, 0.717) is 17.4 Å². The fraction of sp³-hybridized carbons (Fsp3) is 0.250. The Balaban J connectivity index is 1.70. The highest BCUT2D eigenvalue weighted by atomic mass is 32.2. The van der Waals surface area contributed by atoms with Gasteiger partial charge in [0.2, 0.25) is 5.95 Å². The Labute approximate surface area is 139 Å². The van der Waals surface area contributed by atoms with Gasteiger partial charge in [-0.05, 0) is 37.1 Å². The molecule has 2 heterocycles. The van der Waals surface area contributed by atoms with E-state index in [2.05, 4.69) is 15.4 Å². The van der Waals surface area contributed by atoms with Crippen molar-refractivity contribution in [2.75, 3.05) is 11.6 Å². The van der Waals surface area contributed by atoms with E-state index in [4.69, 9.17) is 4.74 Å². The lowest BCUT2D eigenvalue weighted by Crippen LogP contribution is -2.04. The fourth-order valence-electron chi connectivity index (χ4n) is 2.30. The maximum atomic E-state index is 11.8. The first-order chi connectivity index (χ1) is 11.5. The van der Waals surface area contributed by atoms with E-state index >= 15 is 0 Å². The summed E-state index contributed by atoms with van der Waals surface area (Å²) in [5.74, 6) is 0.924. The van der Waals surface area contributed by atoms with E-state index in [1.54, 1.807) is 22.7 Å². The molecule has 0 atom stereocenters. The van der Waals surface area contributed by atoms with Crippen LogP contribution in [-0.4, -0.2) is 35.4 Å². The van der Waals surface area contributed by atoms with Gasteiger partial charge in [-0.15, -0.1) is 5.10 Å². The minimum atomic E-state index is -3.29. The number of ether oxygens (including phenoxy) is 1. The predicted octanol–water partition coefficient (Wildman–Crippen LogP) is 2.42. The van der Waals surface area contributed by atoms with Gasteiger partial charge in [0.1, 0.15) is 5.75 Å². The zero-order valence-corrected chi connectivity index (χ0v) is 13.8. The Morgan fingerprint density at radius 2 is 2.08 bits per heavy atom. The number of aromatic nitrogens is 3. The van der Waals surface area contributed by atoms with Crippen LogP contribution in [0.5, 0.6) is 5.75 Å². The fourth-order valence-corrected chi connectivity index (χ4v) is 2.94. The Morgan fingerprint density at radius 3 is 2.79 bits per heavy atom. The summed E-state index contributed by atoms with van der Waals surface area (Å²) in [4.78, 5) is 4.61. The van der Waals surface area contributed by atoms with Gasteiger partial charge in [-0.2, -0.15) is 4.98 Å². The van der Waals surface area contributed by atoms with Gasteiger partial charge in [-0.3, -0.25) is 0 Å². The molecule has 124 valence electrons. The lowest BCUT2D eigenvalue weighted by atomic mass is 10.3. The van der Waals surface area contributed by atoms with E-state index in [1.165, 1.54) is 6.26 Å². The molecule has 0 bridgehead atoms. The zero-order chi connectivity index (χ0) is 16.7. The summed E-state index contributed by atoms with van der Waals surface area (Å²) in [6.07, 6.45) is 5.10. The van der Waals surface area contributed by atoms with Crippen LogP contribution in [0.1, 0.15) is 12.8 Å². The molecule has 0 aliphatic heterocycles. The largest absolute Gasteiger partial charge is 0.488 e. The first-order valence-electron chi connectivity index (χ1n) is 7.58. The first kappa shape index (κ1) is 14.9. The van der Waals surface area contributed by atoms with E-state index in [0.717, 1.165) is 18.5 Å². The third-order valence-corrected chi connectivity index (χ3v) is 4.80. The normalized spacial score (nSPS) is 14.7. The molecule has 4 rings (SSSR count). The van der Waals surface area contributed by atoms with Crippen LogP contribution in [0, 0.1) is 0 Å². The first-order valence-corrected chi connectivity index (χ1v) is 9.47. The number of pyridine rings is 1. The molecule has 0 unspecified atom stereocenters. The molecule has 0 spiro atoms. The highest BCUT2D eigenvalue weighted by Gasteiger charge is 2.25. The van der Waals surface area contributed by atoms with Crippen molar-refractivity contribution in [2.24, 2.45) is 0 Å². The van der Waals surface area contributed by atoms with Crippen LogP contribution in [0.3, 0.4) is 0 Å². The Bertz CT molecular complexity index is 976. The van der Waals surface area contributed by atoms with Gasteiger partial charge in [0, 0.05) is 18.5 Å². The molecule has 1 aromatic carbocycles. The number of hydrogen-bond donors (Lipinski definition) is 1. The number of nitrogens with one attached hydrogen (secondary N) is 1. The van der Waals surface area contributed by atoms with Crippen molar-refractivity contribution in [1.82, 2.24) is 14.6 Å². The van der Waals surface area contributed by atoms with E-state index in [1.807, 2.05) is 24.4 Å².